The molecule has 0 aromatic heterocycles. The summed E-state index contributed by atoms with van der Waals surface area (Å²) in [4.78, 5) is 11.5. The normalized spacial score (nSPS) is 9.87. The van der Waals surface area contributed by atoms with Crippen LogP contribution in [-0.4, -0.2) is 19.7 Å². The highest BCUT2D eigenvalue weighted by atomic mass is 127. The van der Waals surface area contributed by atoms with E-state index in [1.54, 1.807) is 26.2 Å². The van der Waals surface area contributed by atoms with E-state index in [0.717, 1.165) is 12.9 Å². The summed E-state index contributed by atoms with van der Waals surface area (Å²) in [6.07, 6.45) is 0. The number of carbonyl (C=O) groups is 1. The van der Waals surface area contributed by atoms with E-state index in [1.165, 1.54) is 0 Å². The molecule has 0 atom stereocenters. The quantitative estimate of drug-likeness (QED) is 0.545. The Bertz CT molecular complexity index is 354. The first-order valence-corrected chi connectivity index (χ1v) is 6.46. The molecule has 1 aromatic carbocycles. The standard InChI is InChI=1S/C10H10I2O3/c1-3-15-10(13)6-4-7(11)9(14-2)8(12)5-6/h4-5H,3H2,1-2H3. The number of hydrogen-bond acceptors (Lipinski definition) is 3. The molecule has 0 aliphatic carbocycles. The summed E-state index contributed by atoms with van der Waals surface area (Å²) in [7, 11) is 1.61. The highest BCUT2D eigenvalue weighted by Crippen LogP contribution is 2.28. The largest absolute Gasteiger partial charge is 0.495 e. The molecule has 0 aliphatic rings. The van der Waals surface area contributed by atoms with Crippen molar-refractivity contribution >= 4 is 51.2 Å². The molecule has 82 valence electrons. The minimum Gasteiger partial charge on any atom is -0.495 e. The molecule has 0 saturated carbocycles. The lowest BCUT2D eigenvalue weighted by Crippen LogP contribution is -2.06. The second kappa shape index (κ2) is 5.88. The Morgan fingerprint density at radius 3 is 2.27 bits per heavy atom. The van der Waals surface area contributed by atoms with Crippen LogP contribution in [0.2, 0.25) is 0 Å². The van der Waals surface area contributed by atoms with Crippen LogP contribution < -0.4 is 4.74 Å². The highest BCUT2D eigenvalue weighted by Gasteiger charge is 2.13. The summed E-state index contributed by atoms with van der Waals surface area (Å²) in [6.45, 7) is 2.18. The minimum absolute atomic E-state index is 0.295. The number of benzene rings is 1. The zero-order valence-electron chi connectivity index (χ0n) is 8.34. The van der Waals surface area contributed by atoms with E-state index in [1.807, 2.05) is 0 Å². The first kappa shape index (κ1) is 13.0. The Morgan fingerprint density at radius 2 is 1.87 bits per heavy atom. The third-order valence-corrected chi connectivity index (χ3v) is 3.32. The number of methoxy groups -OCH3 is 1. The smallest absolute Gasteiger partial charge is 0.338 e. The first-order valence-electron chi connectivity index (χ1n) is 4.30. The van der Waals surface area contributed by atoms with Crippen molar-refractivity contribution < 1.29 is 14.3 Å². The van der Waals surface area contributed by atoms with Crippen LogP contribution in [0, 0.1) is 7.14 Å². The number of rotatable bonds is 3. The van der Waals surface area contributed by atoms with Gasteiger partial charge in [-0.1, -0.05) is 0 Å². The Balaban J connectivity index is 3.08. The Hall–Kier alpha value is -0.0500. The van der Waals surface area contributed by atoms with E-state index in [0.29, 0.717) is 12.2 Å². The van der Waals surface area contributed by atoms with E-state index in [2.05, 4.69) is 45.2 Å². The molecule has 0 saturated heterocycles. The van der Waals surface area contributed by atoms with E-state index >= 15 is 0 Å². The maximum atomic E-state index is 11.5. The van der Waals surface area contributed by atoms with Crippen molar-refractivity contribution in [2.75, 3.05) is 13.7 Å². The van der Waals surface area contributed by atoms with Crippen molar-refractivity contribution in [3.63, 3.8) is 0 Å². The highest BCUT2D eigenvalue weighted by molar-refractivity contribution is 14.1. The van der Waals surface area contributed by atoms with Gasteiger partial charge in [0.1, 0.15) is 5.75 Å². The lowest BCUT2D eigenvalue weighted by Gasteiger charge is -2.08. The van der Waals surface area contributed by atoms with Crippen molar-refractivity contribution in [1.29, 1.82) is 0 Å². The molecule has 0 N–H and O–H groups in total. The fourth-order valence-corrected chi connectivity index (χ4v) is 3.30. The van der Waals surface area contributed by atoms with Gasteiger partial charge in [0.2, 0.25) is 0 Å². The van der Waals surface area contributed by atoms with Crippen LogP contribution in [0.3, 0.4) is 0 Å². The molecule has 0 bridgehead atoms. The van der Waals surface area contributed by atoms with Crippen LogP contribution in [0.15, 0.2) is 12.1 Å². The molecule has 0 fully saturated rings. The molecular formula is C10H10I2O3. The minimum atomic E-state index is -0.295. The lowest BCUT2D eigenvalue weighted by atomic mass is 10.2. The van der Waals surface area contributed by atoms with Crippen LogP contribution in [-0.2, 0) is 4.74 Å². The number of hydrogen-bond donors (Lipinski definition) is 0. The van der Waals surface area contributed by atoms with Gasteiger partial charge < -0.3 is 9.47 Å². The third kappa shape index (κ3) is 3.20. The van der Waals surface area contributed by atoms with Gasteiger partial charge in [0, 0.05) is 0 Å². The van der Waals surface area contributed by atoms with Gasteiger partial charge in [0.15, 0.2) is 0 Å². The summed E-state index contributed by atoms with van der Waals surface area (Å²) < 4.78 is 11.9. The van der Waals surface area contributed by atoms with E-state index in [9.17, 15) is 4.79 Å². The van der Waals surface area contributed by atoms with Gasteiger partial charge in [-0.25, -0.2) is 4.79 Å². The fraction of sp³-hybridized carbons (Fsp3) is 0.300. The van der Waals surface area contributed by atoms with Crippen molar-refractivity contribution in [2.24, 2.45) is 0 Å². The van der Waals surface area contributed by atoms with E-state index in [-0.39, 0.29) is 5.97 Å². The van der Waals surface area contributed by atoms with Crippen molar-refractivity contribution in [1.82, 2.24) is 0 Å². The average molecular weight is 432 g/mol. The molecule has 3 nitrogen and oxygen atoms in total. The SMILES string of the molecule is CCOC(=O)c1cc(I)c(OC)c(I)c1. The number of esters is 1. The number of carbonyl (C=O) groups excluding carboxylic acids is 1. The molecule has 0 amide bonds. The number of ether oxygens (including phenoxy) is 2. The summed E-state index contributed by atoms with van der Waals surface area (Å²) in [5.74, 6) is 0.500. The van der Waals surface area contributed by atoms with Crippen LogP contribution >= 0.6 is 45.2 Å². The molecule has 0 aliphatic heterocycles. The molecule has 0 spiro atoms. The Kier molecular flexibility index (Phi) is 5.10. The summed E-state index contributed by atoms with van der Waals surface area (Å²) in [5.41, 5.74) is 0.562. The zero-order valence-corrected chi connectivity index (χ0v) is 12.7. The summed E-state index contributed by atoms with van der Waals surface area (Å²) >= 11 is 4.27. The molecule has 0 unspecified atom stereocenters. The van der Waals surface area contributed by atoms with Crippen molar-refractivity contribution in [2.45, 2.75) is 6.92 Å². The van der Waals surface area contributed by atoms with E-state index in [4.69, 9.17) is 9.47 Å². The Labute approximate surface area is 116 Å². The molecule has 0 radical (unpaired) electrons. The average Bonchev–Trinajstić information content (AvgIpc) is 2.17. The number of halogens is 2. The first-order chi connectivity index (χ1) is 7.10. The van der Waals surface area contributed by atoms with Crippen LogP contribution in [0.25, 0.3) is 0 Å². The predicted molar refractivity (Wildman–Crippen MR) is 74.4 cm³/mol. The molecule has 1 aromatic rings. The molecular weight excluding hydrogens is 422 g/mol. The van der Waals surface area contributed by atoms with Gasteiger partial charge in [-0.05, 0) is 64.2 Å². The summed E-state index contributed by atoms with van der Waals surface area (Å²) in [6, 6.07) is 3.53. The van der Waals surface area contributed by atoms with Crippen molar-refractivity contribution in [3.8, 4) is 5.75 Å². The third-order valence-electron chi connectivity index (χ3n) is 1.71. The molecule has 15 heavy (non-hydrogen) atoms. The van der Waals surface area contributed by atoms with Crippen LogP contribution in [0.4, 0.5) is 0 Å². The maximum Gasteiger partial charge on any atom is 0.338 e. The zero-order chi connectivity index (χ0) is 11.4. The fourth-order valence-electron chi connectivity index (χ4n) is 1.09. The maximum absolute atomic E-state index is 11.5. The van der Waals surface area contributed by atoms with Gasteiger partial charge in [0.25, 0.3) is 0 Å². The summed E-state index contributed by atoms with van der Waals surface area (Å²) in [5, 5.41) is 0. The second-order valence-electron chi connectivity index (χ2n) is 2.69. The van der Waals surface area contributed by atoms with Gasteiger partial charge >= 0.3 is 5.97 Å². The van der Waals surface area contributed by atoms with E-state index < -0.39 is 0 Å². The van der Waals surface area contributed by atoms with Crippen molar-refractivity contribution in [3.05, 3.63) is 24.8 Å². The molecule has 1 rings (SSSR count). The van der Waals surface area contributed by atoms with Crippen LogP contribution in [0.5, 0.6) is 5.75 Å². The van der Waals surface area contributed by atoms with Crippen LogP contribution in [0.1, 0.15) is 17.3 Å². The van der Waals surface area contributed by atoms with Gasteiger partial charge in [-0.2, -0.15) is 0 Å². The molecule has 0 heterocycles. The monoisotopic (exact) mass is 432 g/mol. The second-order valence-corrected chi connectivity index (χ2v) is 5.02. The molecule has 5 heteroatoms. The van der Waals surface area contributed by atoms with Gasteiger partial charge in [-0.3, -0.25) is 0 Å². The van der Waals surface area contributed by atoms with Gasteiger partial charge in [-0.15, -0.1) is 0 Å². The Morgan fingerprint density at radius 1 is 1.33 bits per heavy atom. The topological polar surface area (TPSA) is 35.5 Å². The lowest BCUT2D eigenvalue weighted by molar-refractivity contribution is 0.0526. The predicted octanol–water partition coefficient (Wildman–Crippen LogP) is 3.08. The van der Waals surface area contributed by atoms with Gasteiger partial charge in [0.05, 0.1) is 26.4 Å².